The second-order valence-electron chi connectivity index (χ2n) is 5.82. The molecule has 0 spiro atoms. The van der Waals surface area contributed by atoms with Crippen LogP contribution in [0.5, 0.6) is 0 Å². The maximum atomic E-state index is 10.6. The number of rotatable bonds is 4. The first-order chi connectivity index (χ1) is 8.94. The third kappa shape index (κ3) is 4.22. The van der Waals surface area contributed by atoms with Gasteiger partial charge in [-0.1, -0.05) is 59.7 Å². The highest BCUT2D eigenvalue weighted by molar-refractivity contribution is 5.25. The van der Waals surface area contributed by atoms with Gasteiger partial charge in [0.25, 0.3) is 0 Å². The molecule has 0 atom stereocenters. The van der Waals surface area contributed by atoms with Crippen molar-refractivity contribution < 1.29 is 5.11 Å². The summed E-state index contributed by atoms with van der Waals surface area (Å²) < 4.78 is 0. The monoisotopic (exact) mass is 254 g/mol. The molecule has 0 unspecified atom stereocenters. The Bertz CT molecular complexity index is 471. The molecule has 2 rings (SSSR count). The van der Waals surface area contributed by atoms with E-state index in [4.69, 9.17) is 0 Å². The molecule has 0 aliphatic heterocycles. The molecule has 0 amide bonds. The Morgan fingerprint density at radius 3 is 1.37 bits per heavy atom. The van der Waals surface area contributed by atoms with Crippen LogP contribution in [0, 0.1) is 13.8 Å². The third-order valence-corrected chi connectivity index (χ3v) is 3.41. The van der Waals surface area contributed by atoms with Crippen LogP contribution in [0.1, 0.15) is 29.2 Å². The molecule has 0 saturated carbocycles. The summed E-state index contributed by atoms with van der Waals surface area (Å²) >= 11 is 0. The molecule has 1 N–H and O–H groups in total. The lowest BCUT2D eigenvalue weighted by Crippen LogP contribution is -2.30. The Labute approximate surface area is 115 Å². The van der Waals surface area contributed by atoms with E-state index in [1.165, 1.54) is 22.3 Å². The molecule has 1 nitrogen and oxygen atoms in total. The van der Waals surface area contributed by atoms with E-state index >= 15 is 0 Å². The third-order valence-electron chi connectivity index (χ3n) is 3.41. The highest BCUT2D eigenvalue weighted by Gasteiger charge is 2.21. The molecule has 0 bridgehead atoms. The maximum absolute atomic E-state index is 10.6. The van der Waals surface area contributed by atoms with Crippen molar-refractivity contribution in [1.29, 1.82) is 0 Å². The van der Waals surface area contributed by atoms with E-state index in [1.807, 2.05) is 6.92 Å². The van der Waals surface area contributed by atoms with E-state index in [0.717, 1.165) is 0 Å². The fraction of sp³-hybridized carbons (Fsp3) is 0.333. The van der Waals surface area contributed by atoms with E-state index in [9.17, 15) is 5.11 Å². The molecule has 100 valence electrons. The van der Waals surface area contributed by atoms with Crippen LogP contribution in [-0.4, -0.2) is 10.7 Å². The van der Waals surface area contributed by atoms with Crippen molar-refractivity contribution >= 4 is 0 Å². The summed E-state index contributed by atoms with van der Waals surface area (Å²) in [6, 6.07) is 16.8. The zero-order valence-corrected chi connectivity index (χ0v) is 12.0. The highest BCUT2D eigenvalue weighted by Crippen LogP contribution is 2.19. The maximum Gasteiger partial charge on any atom is 0.0700 e. The summed E-state index contributed by atoms with van der Waals surface area (Å²) in [5, 5.41) is 10.6. The first-order valence-electron chi connectivity index (χ1n) is 6.78. The summed E-state index contributed by atoms with van der Waals surface area (Å²) in [4.78, 5) is 0. The molecule has 0 saturated heterocycles. The van der Waals surface area contributed by atoms with Crippen molar-refractivity contribution in [2.45, 2.75) is 39.2 Å². The zero-order valence-electron chi connectivity index (χ0n) is 12.0. The Morgan fingerprint density at radius 1 is 0.737 bits per heavy atom. The summed E-state index contributed by atoms with van der Waals surface area (Å²) in [5.74, 6) is 0. The largest absolute Gasteiger partial charge is 0.389 e. The molecule has 2 aromatic carbocycles. The molecule has 0 aromatic heterocycles. The molecule has 0 fully saturated rings. The Balaban J connectivity index is 2.05. The minimum absolute atomic E-state index is 0.682. The van der Waals surface area contributed by atoms with Gasteiger partial charge in [-0.25, -0.2) is 0 Å². The Morgan fingerprint density at radius 2 is 1.05 bits per heavy atom. The van der Waals surface area contributed by atoms with E-state index in [1.54, 1.807) is 0 Å². The van der Waals surface area contributed by atoms with Crippen LogP contribution in [0.15, 0.2) is 48.5 Å². The van der Waals surface area contributed by atoms with Crippen LogP contribution in [0.3, 0.4) is 0 Å². The lowest BCUT2D eigenvalue weighted by Gasteiger charge is -2.23. The molecule has 1 heteroatoms. The normalized spacial score (nSPS) is 11.6. The number of aliphatic hydroxyl groups is 1. The van der Waals surface area contributed by atoms with Crippen molar-refractivity contribution in [3.8, 4) is 0 Å². The van der Waals surface area contributed by atoms with Gasteiger partial charge in [0.1, 0.15) is 0 Å². The van der Waals surface area contributed by atoms with E-state index in [0.29, 0.717) is 12.8 Å². The SMILES string of the molecule is Cc1ccc(CC(C)(O)Cc2ccc(C)cc2)cc1. The van der Waals surface area contributed by atoms with Crippen molar-refractivity contribution in [3.05, 3.63) is 70.8 Å². The molecule has 0 aliphatic carbocycles. The van der Waals surface area contributed by atoms with Crippen LogP contribution >= 0.6 is 0 Å². The smallest absolute Gasteiger partial charge is 0.0700 e. The van der Waals surface area contributed by atoms with Gasteiger partial charge in [-0.2, -0.15) is 0 Å². The van der Waals surface area contributed by atoms with Gasteiger partial charge in [0.2, 0.25) is 0 Å². The fourth-order valence-electron chi connectivity index (χ4n) is 2.35. The summed E-state index contributed by atoms with van der Waals surface area (Å²) in [6.45, 7) is 6.06. The fourth-order valence-corrected chi connectivity index (χ4v) is 2.35. The number of hydrogen-bond acceptors (Lipinski definition) is 1. The van der Waals surface area contributed by atoms with Gasteiger partial charge in [-0.15, -0.1) is 0 Å². The average Bonchev–Trinajstić information content (AvgIpc) is 2.34. The number of benzene rings is 2. The summed E-state index contributed by atoms with van der Waals surface area (Å²) in [5.41, 5.74) is 4.17. The summed E-state index contributed by atoms with van der Waals surface area (Å²) in [6.07, 6.45) is 1.36. The molecule has 0 radical (unpaired) electrons. The van der Waals surface area contributed by atoms with Gasteiger partial charge < -0.3 is 5.11 Å². The second-order valence-corrected chi connectivity index (χ2v) is 5.82. The first-order valence-corrected chi connectivity index (χ1v) is 6.78. The molecular weight excluding hydrogens is 232 g/mol. The lowest BCUT2D eigenvalue weighted by atomic mass is 9.89. The van der Waals surface area contributed by atoms with Gasteiger partial charge in [-0.05, 0) is 31.9 Å². The average molecular weight is 254 g/mol. The molecule has 2 aromatic rings. The van der Waals surface area contributed by atoms with Gasteiger partial charge in [0.05, 0.1) is 5.60 Å². The quantitative estimate of drug-likeness (QED) is 0.879. The van der Waals surface area contributed by atoms with E-state index < -0.39 is 5.60 Å². The topological polar surface area (TPSA) is 20.2 Å². The molecule has 0 aliphatic rings. The van der Waals surface area contributed by atoms with Crippen LogP contribution < -0.4 is 0 Å². The standard InChI is InChI=1S/C18H22O/c1-14-4-8-16(9-5-14)12-18(3,19)13-17-10-6-15(2)7-11-17/h4-11,19H,12-13H2,1-3H3. The van der Waals surface area contributed by atoms with Crippen LogP contribution in [0.25, 0.3) is 0 Å². The van der Waals surface area contributed by atoms with Gasteiger partial charge in [0.15, 0.2) is 0 Å². The van der Waals surface area contributed by atoms with E-state index in [2.05, 4.69) is 62.4 Å². The lowest BCUT2D eigenvalue weighted by molar-refractivity contribution is 0.0608. The van der Waals surface area contributed by atoms with Crippen molar-refractivity contribution in [1.82, 2.24) is 0 Å². The predicted molar refractivity (Wildman–Crippen MR) is 80.4 cm³/mol. The summed E-state index contributed by atoms with van der Waals surface area (Å²) in [7, 11) is 0. The van der Waals surface area contributed by atoms with Gasteiger partial charge >= 0.3 is 0 Å². The highest BCUT2D eigenvalue weighted by atomic mass is 16.3. The van der Waals surface area contributed by atoms with Gasteiger partial charge in [-0.3, -0.25) is 0 Å². The van der Waals surface area contributed by atoms with Crippen molar-refractivity contribution in [2.24, 2.45) is 0 Å². The van der Waals surface area contributed by atoms with Crippen molar-refractivity contribution in [2.75, 3.05) is 0 Å². The minimum Gasteiger partial charge on any atom is -0.389 e. The Kier molecular flexibility index (Phi) is 4.06. The second kappa shape index (κ2) is 5.58. The van der Waals surface area contributed by atoms with Crippen LogP contribution in [-0.2, 0) is 12.8 Å². The van der Waals surface area contributed by atoms with Crippen LogP contribution in [0.4, 0.5) is 0 Å². The van der Waals surface area contributed by atoms with E-state index in [-0.39, 0.29) is 0 Å². The zero-order chi connectivity index (χ0) is 13.9. The number of hydrogen-bond donors (Lipinski definition) is 1. The predicted octanol–water partition coefficient (Wildman–Crippen LogP) is 3.84. The van der Waals surface area contributed by atoms with Crippen LogP contribution in [0.2, 0.25) is 0 Å². The van der Waals surface area contributed by atoms with Gasteiger partial charge in [0, 0.05) is 12.8 Å². The molecule has 0 heterocycles. The minimum atomic E-state index is -0.704. The first kappa shape index (κ1) is 13.8. The van der Waals surface area contributed by atoms with Crippen molar-refractivity contribution in [3.63, 3.8) is 0 Å². The molecule has 19 heavy (non-hydrogen) atoms. The Hall–Kier alpha value is -1.60. The molecular formula is C18H22O. The number of aryl methyl sites for hydroxylation is 2.